The Morgan fingerprint density at radius 3 is 2.67 bits per heavy atom. The van der Waals surface area contributed by atoms with Gasteiger partial charge in [-0.25, -0.2) is 13.1 Å². The molecule has 0 amide bonds. The van der Waals surface area contributed by atoms with E-state index >= 15 is 0 Å². The molecular weight excluding hydrogens is 270 g/mol. The van der Waals surface area contributed by atoms with Crippen LogP contribution >= 0.6 is 11.6 Å². The fraction of sp³-hybridized carbons (Fsp3) is 0.538. The summed E-state index contributed by atoms with van der Waals surface area (Å²) in [7, 11) is -3.45. The van der Waals surface area contributed by atoms with E-state index in [1.165, 1.54) is 0 Å². The number of hydrogen-bond acceptors (Lipinski definition) is 2. The lowest BCUT2D eigenvalue weighted by molar-refractivity contribution is 0.418. The van der Waals surface area contributed by atoms with E-state index in [2.05, 4.69) is 4.72 Å². The highest BCUT2D eigenvalue weighted by molar-refractivity contribution is 7.89. The Bertz CT molecular complexity index is 515. The van der Waals surface area contributed by atoms with E-state index in [9.17, 15) is 8.42 Å². The van der Waals surface area contributed by atoms with Gasteiger partial charge in [0.2, 0.25) is 10.0 Å². The van der Waals surface area contributed by atoms with Crippen molar-refractivity contribution in [3.05, 3.63) is 29.8 Å². The Hall–Kier alpha value is -0.580. The van der Waals surface area contributed by atoms with Crippen LogP contribution in [0, 0.1) is 6.92 Å². The number of hydrogen-bond donors (Lipinski definition) is 1. The number of benzene rings is 1. The fourth-order valence-electron chi connectivity index (χ4n) is 2.27. The summed E-state index contributed by atoms with van der Waals surface area (Å²) in [6.07, 6.45) is 3.81. The van der Waals surface area contributed by atoms with Crippen LogP contribution in [0.1, 0.15) is 31.2 Å². The van der Waals surface area contributed by atoms with Crippen LogP contribution in [0.3, 0.4) is 0 Å². The molecule has 2 unspecified atom stereocenters. The molecular formula is C13H18ClNO2S. The minimum absolute atomic E-state index is 0.0988. The molecule has 2 rings (SSSR count). The largest absolute Gasteiger partial charge is 0.240 e. The smallest absolute Gasteiger partial charge is 0.207 e. The normalized spacial score (nSPS) is 25.0. The highest BCUT2D eigenvalue weighted by atomic mass is 35.5. The maximum atomic E-state index is 12.2. The van der Waals surface area contributed by atoms with Crippen LogP contribution in [-0.2, 0) is 10.0 Å². The molecule has 1 aliphatic rings. The molecule has 1 fully saturated rings. The Kier molecular flexibility index (Phi) is 4.30. The van der Waals surface area contributed by atoms with Crippen molar-refractivity contribution in [3.63, 3.8) is 0 Å². The van der Waals surface area contributed by atoms with E-state index in [0.717, 1.165) is 31.2 Å². The van der Waals surface area contributed by atoms with E-state index in [-0.39, 0.29) is 11.4 Å². The van der Waals surface area contributed by atoms with E-state index in [0.29, 0.717) is 4.90 Å². The lowest BCUT2D eigenvalue weighted by Crippen LogP contribution is -2.42. The Morgan fingerprint density at radius 1 is 1.28 bits per heavy atom. The summed E-state index contributed by atoms with van der Waals surface area (Å²) in [5.41, 5.74) is 0.934. The van der Waals surface area contributed by atoms with Crippen LogP contribution in [0.2, 0.25) is 0 Å². The van der Waals surface area contributed by atoms with Crippen LogP contribution in [-0.4, -0.2) is 19.8 Å². The van der Waals surface area contributed by atoms with Crippen LogP contribution in [0.5, 0.6) is 0 Å². The summed E-state index contributed by atoms with van der Waals surface area (Å²) in [5, 5.41) is -0.0988. The lowest BCUT2D eigenvalue weighted by atomic mass is 9.96. The highest BCUT2D eigenvalue weighted by Crippen LogP contribution is 2.24. The SMILES string of the molecule is Cc1cccc(S(=O)(=O)NC2CCCCC2Cl)c1. The minimum atomic E-state index is -3.45. The van der Waals surface area contributed by atoms with Crippen molar-refractivity contribution in [2.45, 2.75) is 48.9 Å². The molecule has 0 radical (unpaired) electrons. The lowest BCUT2D eigenvalue weighted by Gasteiger charge is -2.27. The second-order valence-corrected chi connectivity index (χ2v) is 7.12. The van der Waals surface area contributed by atoms with Crippen LogP contribution < -0.4 is 4.72 Å². The summed E-state index contributed by atoms with van der Waals surface area (Å²) in [6.45, 7) is 1.88. The third-order valence-electron chi connectivity index (χ3n) is 3.29. The molecule has 1 aromatic rings. The topological polar surface area (TPSA) is 46.2 Å². The molecule has 1 aliphatic carbocycles. The molecule has 0 saturated heterocycles. The molecule has 2 atom stereocenters. The maximum Gasteiger partial charge on any atom is 0.240 e. The number of sulfonamides is 1. The van der Waals surface area contributed by atoms with Gasteiger partial charge in [-0.15, -0.1) is 11.6 Å². The number of alkyl halides is 1. The molecule has 18 heavy (non-hydrogen) atoms. The Labute approximate surface area is 114 Å². The highest BCUT2D eigenvalue weighted by Gasteiger charge is 2.28. The summed E-state index contributed by atoms with van der Waals surface area (Å²) in [4.78, 5) is 0.317. The number of aryl methyl sites for hydroxylation is 1. The number of halogens is 1. The van der Waals surface area contributed by atoms with Gasteiger partial charge in [-0.1, -0.05) is 25.0 Å². The first kappa shape index (κ1) is 13.8. The number of rotatable bonds is 3. The van der Waals surface area contributed by atoms with Crippen LogP contribution in [0.4, 0.5) is 0 Å². The molecule has 1 N–H and O–H groups in total. The van der Waals surface area contributed by atoms with Crippen molar-refractivity contribution in [2.24, 2.45) is 0 Å². The van der Waals surface area contributed by atoms with Gasteiger partial charge in [0, 0.05) is 11.4 Å². The molecule has 0 bridgehead atoms. The summed E-state index contributed by atoms with van der Waals surface area (Å²) >= 11 is 6.18. The van der Waals surface area contributed by atoms with Crippen molar-refractivity contribution >= 4 is 21.6 Å². The Morgan fingerprint density at radius 2 is 2.00 bits per heavy atom. The molecule has 5 heteroatoms. The maximum absolute atomic E-state index is 12.2. The summed E-state index contributed by atoms with van der Waals surface area (Å²) in [5.74, 6) is 0. The van der Waals surface area contributed by atoms with Gasteiger partial charge in [-0.2, -0.15) is 0 Å². The average Bonchev–Trinajstić information content (AvgIpc) is 2.32. The third kappa shape index (κ3) is 3.25. The second-order valence-electron chi connectivity index (χ2n) is 4.84. The first-order chi connectivity index (χ1) is 8.49. The zero-order valence-electron chi connectivity index (χ0n) is 10.4. The van der Waals surface area contributed by atoms with Crippen molar-refractivity contribution in [1.29, 1.82) is 0 Å². The first-order valence-electron chi connectivity index (χ1n) is 6.22. The zero-order chi connectivity index (χ0) is 13.2. The second kappa shape index (κ2) is 5.59. The number of nitrogens with one attached hydrogen (secondary N) is 1. The van der Waals surface area contributed by atoms with Gasteiger partial charge >= 0.3 is 0 Å². The van der Waals surface area contributed by atoms with E-state index in [1.807, 2.05) is 13.0 Å². The zero-order valence-corrected chi connectivity index (χ0v) is 12.0. The van der Waals surface area contributed by atoms with Crippen molar-refractivity contribution in [2.75, 3.05) is 0 Å². The average molecular weight is 288 g/mol. The summed E-state index contributed by atoms with van der Waals surface area (Å²) in [6, 6.07) is 6.77. The monoisotopic (exact) mass is 287 g/mol. The minimum Gasteiger partial charge on any atom is -0.207 e. The van der Waals surface area contributed by atoms with E-state index in [1.54, 1.807) is 18.2 Å². The van der Waals surface area contributed by atoms with Gasteiger partial charge in [0.15, 0.2) is 0 Å². The van der Waals surface area contributed by atoms with Crippen molar-refractivity contribution in [1.82, 2.24) is 4.72 Å². The van der Waals surface area contributed by atoms with Crippen molar-refractivity contribution < 1.29 is 8.42 Å². The third-order valence-corrected chi connectivity index (χ3v) is 5.30. The molecule has 0 spiro atoms. The predicted octanol–water partition coefficient (Wildman–Crippen LogP) is 2.82. The van der Waals surface area contributed by atoms with Gasteiger partial charge in [-0.3, -0.25) is 0 Å². The van der Waals surface area contributed by atoms with Gasteiger partial charge in [-0.05, 0) is 37.5 Å². The quantitative estimate of drug-likeness (QED) is 0.869. The molecule has 1 saturated carbocycles. The van der Waals surface area contributed by atoms with Crippen molar-refractivity contribution in [3.8, 4) is 0 Å². The van der Waals surface area contributed by atoms with Gasteiger partial charge in [0.05, 0.1) is 4.90 Å². The standard InChI is InChI=1S/C13H18ClNO2S/c1-10-5-4-6-11(9-10)18(16,17)15-13-8-3-2-7-12(13)14/h4-6,9,12-13,15H,2-3,7-8H2,1H3. The van der Waals surface area contributed by atoms with E-state index in [4.69, 9.17) is 11.6 Å². The fourth-order valence-corrected chi connectivity index (χ4v) is 4.10. The molecule has 0 aromatic heterocycles. The molecule has 0 aliphatic heterocycles. The van der Waals surface area contributed by atoms with Crippen LogP contribution in [0.25, 0.3) is 0 Å². The molecule has 1 aromatic carbocycles. The Balaban J connectivity index is 2.16. The molecule has 3 nitrogen and oxygen atoms in total. The van der Waals surface area contributed by atoms with Crippen LogP contribution in [0.15, 0.2) is 29.2 Å². The predicted molar refractivity (Wildman–Crippen MR) is 73.4 cm³/mol. The first-order valence-corrected chi connectivity index (χ1v) is 8.14. The summed E-state index contributed by atoms with van der Waals surface area (Å²) < 4.78 is 27.2. The molecule has 100 valence electrons. The van der Waals surface area contributed by atoms with Gasteiger partial charge in [0.25, 0.3) is 0 Å². The van der Waals surface area contributed by atoms with Gasteiger partial charge in [0.1, 0.15) is 0 Å². The van der Waals surface area contributed by atoms with E-state index < -0.39 is 10.0 Å². The van der Waals surface area contributed by atoms with Gasteiger partial charge < -0.3 is 0 Å². The molecule has 0 heterocycles.